The van der Waals surface area contributed by atoms with Gasteiger partial charge in [-0.2, -0.15) is 0 Å². The molecule has 0 aromatic rings. The molecule has 0 spiro atoms. The van der Waals surface area contributed by atoms with Crippen LogP contribution in [-0.2, 0) is 4.79 Å². The second-order valence-electron chi connectivity index (χ2n) is 5.97. The first-order chi connectivity index (χ1) is 7.68. The Bertz CT molecular complexity index is 391. The van der Waals surface area contributed by atoms with E-state index in [1.807, 2.05) is 0 Å². The van der Waals surface area contributed by atoms with E-state index < -0.39 is 18.1 Å². The van der Waals surface area contributed by atoms with Crippen molar-refractivity contribution >= 4 is 5.97 Å². The van der Waals surface area contributed by atoms with Gasteiger partial charge < -0.3 is 5.11 Å². The van der Waals surface area contributed by atoms with E-state index in [0.717, 1.165) is 12.8 Å². The molecule has 4 rings (SSSR count). The lowest BCUT2D eigenvalue weighted by molar-refractivity contribution is -0.148. The van der Waals surface area contributed by atoms with Gasteiger partial charge in [-0.15, -0.1) is 0 Å². The van der Waals surface area contributed by atoms with Crippen LogP contribution in [0.1, 0.15) is 12.8 Å². The number of halogens is 1. The molecule has 3 heteroatoms. The van der Waals surface area contributed by atoms with Gasteiger partial charge in [-0.25, -0.2) is 4.39 Å². The molecule has 3 saturated carbocycles. The molecule has 0 aromatic carbocycles. The van der Waals surface area contributed by atoms with Gasteiger partial charge in [-0.05, 0) is 48.3 Å². The largest absolute Gasteiger partial charge is 0.481 e. The van der Waals surface area contributed by atoms with Gasteiger partial charge in [-0.1, -0.05) is 12.2 Å². The van der Waals surface area contributed by atoms with Crippen molar-refractivity contribution in [1.29, 1.82) is 0 Å². The van der Waals surface area contributed by atoms with Crippen molar-refractivity contribution in [3.63, 3.8) is 0 Å². The zero-order valence-corrected chi connectivity index (χ0v) is 8.92. The third-order valence-electron chi connectivity index (χ3n) is 5.61. The summed E-state index contributed by atoms with van der Waals surface area (Å²) >= 11 is 0. The van der Waals surface area contributed by atoms with Crippen molar-refractivity contribution in [3.05, 3.63) is 12.2 Å². The average molecular weight is 222 g/mol. The third-order valence-corrected chi connectivity index (χ3v) is 5.61. The second-order valence-corrected chi connectivity index (χ2v) is 5.97. The summed E-state index contributed by atoms with van der Waals surface area (Å²) in [6.07, 6.45) is 5.38. The summed E-state index contributed by atoms with van der Waals surface area (Å²) in [5, 5.41) is 9.14. The molecule has 8 unspecified atom stereocenters. The fraction of sp³-hybridized carbons (Fsp3) is 0.769. The molecule has 0 saturated heterocycles. The second kappa shape index (κ2) is 2.69. The summed E-state index contributed by atoms with van der Waals surface area (Å²) in [5.74, 6) is 0.582. The lowest BCUT2D eigenvalue weighted by atomic mass is 9.68. The number of hydrogen-bond acceptors (Lipinski definition) is 1. The fourth-order valence-corrected chi connectivity index (χ4v) is 5.28. The molecule has 0 radical (unpaired) electrons. The van der Waals surface area contributed by atoms with Gasteiger partial charge in [0.15, 0.2) is 0 Å². The van der Waals surface area contributed by atoms with Crippen molar-refractivity contribution in [2.45, 2.75) is 19.0 Å². The van der Waals surface area contributed by atoms with Crippen LogP contribution >= 0.6 is 0 Å². The number of carboxylic acids is 1. The zero-order valence-electron chi connectivity index (χ0n) is 8.92. The predicted octanol–water partition coefficient (Wildman–Crippen LogP) is 2.11. The lowest BCUT2D eigenvalue weighted by Gasteiger charge is -2.36. The Morgan fingerprint density at radius 1 is 1.12 bits per heavy atom. The molecular formula is C13H15FO2. The van der Waals surface area contributed by atoms with Gasteiger partial charge in [0.05, 0.1) is 5.92 Å². The quantitative estimate of drug-likeness (QED) is 0.545. The maximum absolute atomic E-state index is 14.1. The molecule has 16 heavy (non-hydrogen) atoms. The number of carboxylic acid groups (broad SMARTS) is 1. The minimum atomic E-state index is -1.09. The SMILES string of the molecule is O=C(O)C1C(F)C2CC1C1C3C=CC(C3)C21. The van der Waals surface area contributed by atoms with Crippen LogP contribution in [0.3, 0.4) is 0 Å². The minimum absolute atomic E-state index is 0.0380. The van der Waals surface area contributed by atoms with Gasteiger partial charge in [0.25, 0.3) is 0 Å². The van der Waals surface area contributed by atoms with E-state index in [0.29, 0.717) is 23.7 Å². The van der Waals surface area contributed by atoms with E-state index in [9.17, 15) is 9.18 Å². The highest BCUT2D eigenvalue weighted by Gasteiger charge is 2.66. The lowest BCUT2D eigenvalue weighted by Crippen LogP contribution is -2.41. The van der Waals surface area contributed by atoms with Gasteiger partial charge in [0.1, 0.15) is 6.17 Å². The number of aliphatic carboxylic acids is 1. The first-order valence-corrected chi connectivity index (χ1v) is 6.23. The van der Waals surface area contributed by atoms with Gasteiger partial charge >= 0.3 is 5.97 Å². The fourth-order valence-electron chi connectivity index (χ4n) is 5.28. The smallest absolute Gasteiger partial charge is 0.309 e. The third kappa shape index (κ3) is 0.836. The number of rotatable bonds is 1. The van der Waals surface area contributed by atoms with Crippen LogP contribution < -0.4 is 0 Å². The summed E-state index contributed by atoms with van der Waals surface area (Å²) in [7, 11) is 0. The highest BCUT2D eigenvalue weighted by atomic mass is 19.1. The highest BCUT2D eigenvalue weighted by molar-refractivity contribution is 5.72. The van der Waals surface area contributed by atoms with Crippen LogP contribution in [0.25, 0.3) is 0 Å². The van der Waals surface area contributed by atoms with E-state index in [4.69, 9.17) is 5.11 Å². The number of alkyl halides is 1. The van der Waals surface area contributed by atoms with Crippen molar-refractivity contribution < 1.29 is 14.3 Å². The van der Waals surface area contributed by atoms with Crippen molar-refractivity contribution in [2.24, 2.45) is 41.4 Å². The Labute approximate surface area is 93.5 Å². The number of hydrogen-bond donors (Lipinski definition) is 1. The summed E-state index contributed by atoms with van der Waals surface area (Å²) in [5.41, 5.74) is 0. The van der Waals surface area contributed by atoms with Gasteiger partial charge in [0.2, 0.25) is 0 Å². The predicted molar refractivity (Wildman–Crippen MR) is 55.3 cm³/mol. The molecule has 3 fully saturated rings. The first-order valence-electron chi connectivity index (χ1n) is 6.23. The Hall–Kier alpha value is -0.860. The average Bonchev–Trinajstić information content (AvgIpc) is 2.92. The Morgan fingerprint density at radius 2 is 1.75 bits per heavy atom. The molecule has 4 aliphatic carbocycles. The monoisotopic (exact) mass is 222 g/mol. The standard InChI is InChI=1S/C13H15FO2/c14-12-8-4-7(11(12)13(15)16)9-5-1-2-6(3-5)10(8)9/h1-2,5-12H,3-4H2,(H,15,16). The molecule has 0 aromatic heterocycles. The van der Waals surface area contributed by atoms with E-state index in [1.54, 1.807) is 0 Å². The molecule has 0 heterocycles. The summed E-state index contributed by atoms with van der Waals surface area (Å²) in [6, 6.07) is 0. The van der Waals surface area contributed by atoms with Gasteiger partial charge in [0, 0.05) is 0 Å². The summed E-state index contributed by atoms with van der Waals surface area (Å²) in [4.78, 5) is 11.1. The van der Waals surface area contributed by atoms with Crippen LogP contribution in [0.5, 0.6) is 0 Å². The normalized spacial score (nSPS) is 60.6. The van der Waals surface area contributed by atoms with E-state index in [2.05, 4.69) is 12.2 Å². The summed E-state index contributed by atoms with van der Waals surface area (Å²) in [6.45, 7) is 0. The summed E-state index contributed by atoms with van der Waals surface area (Å²) < 4.78 is 14.1. The van der Waals surface area contributed by atoms with Crippen molar-refractivity contribution in [3.8, 4) is 0 Å². The van der Waals surface area contributed by atoms with Crippen LogP contribution in [0.2, 0.25) is 0 Å². The van der Waals surface area contributed by atoms with E-state index >= 15 is 0 Å². The van der Waals surface area contributed by atoms with Crippen LogP contribution in [0.4, 0.5) is 4.39 Å². The maximum Gasteiger partial charge on any atom is 0.309 e. The number of carbonyl (C=O) groups is 1. The molecule has 4 bridgehead atoms. The van der Waals surface area contributed by atoms with Crippen LogP contribution in [0, 0.1) is 41.4 Å². The van der Waals surface area contributed by atoms with Crippen molar-refractivity contribution in [2.75, 3.05) is 0 Å². The molecule has 86 valence electrons. The minimum Gasteiger partial charge on any atom is -0.481 e. The first kappa shape index (κ1) is 9.20. The van der Waals surface area contributed by atoms with Crippen LogP contribution in [-0.4, -0.2) is 17.2 Å². The van der Waals surface area contributed by atoms with Crippen LogP contribution in [0.15, 0.2) is 12.2 Å². The van der Waals surface area contributed by atoms with Gasteiger partial charge in [-0.3, -0.25) is 4.79 Å². The molecular weight excluding hydrogens is 207 g/mol. The number of allylic oxidation sites excluding steroid dienone is 2. The zero-order chi connectivity index (χ0) is 11.0. The molecule has 1 N–H and O–H groups in total. The topological polar surface area (TPSA) is 37.3 Å². The Morgan fingerprint density at radius 3 is 2.38 bits per heavy atom. The Balaban J connectivity index is 1.74. The molecule has 8 atom stereocenters. The van der Waals surface area contributed by atoms with Crippen molar-refractivity contribution in [1.82, 2.24) is 0 Å². The van der Waals surface area contributed by atoms with E-state index in [-0.39, 0.29) is 11.8 Å². The molecule has 0 amide bonds. The van der Waals surface area contributed by atoms with E-state index in [1.165, 1.54) is 0 Å². The molecule has 0 aliphatic heterocycles. The Kier molecular flexibility index (Phi) is 1.55. The highest BCUT2D eigenvalue weighted by Crippen LogP contribution is 2.67. The number of fused-ring (bicyclic) bond motifs is 9. The molecule has 2 nitrogen and oxygen atoms in total. The maximum atomic E-state index is 14.1. The molecule has 4 aliphatic rings.